The molecule has 0 spiro atoms. The lowest BCUT2D eigenvalue weighted by molar-refractivity contribution is 0.391. The Labute approximate surface area is 87.4 Å². The first kappa shape index (κ1) is 10.2. The van der Waals surface area contributed by atoms with E-state index in [1.54, 1.807) is 0 Å². The molecule has 2 N–H and O–H groups in total. The number of aromatic nitrogens is 2. The number of nitrogen functional groups attached to an aromatic ring is 1. The maximum absolute atomic E-state index is 11.4. The Hall–Kier alpha value is -1.37. The lowest BCUT2D eigenvalue weighted by atomic mass is 10.2. The molecule has 0 saturated carbocycles. The fraction of sp³-hybridized carbons (Fsp3) is 0.500. The van der Waals surface area contributed by atoms with Crippen LogP contribution in [0.5, 0.6) is 5.88 Å². The van der Waals surface area contributed by atoms with E-state index in [2.05, 4.69) is 9.97 Å². The number of nitrogens with two attached hydrogens (primary N) is 1. The number of rotatable bonds is 1. The van der Waals surface area contributed by atoms with Crippen molar-refractivity contribution in [2.24, 2.45) is 0 Å². The van der Waals surface area contributed by atoms with Crippen LogP contribution in [0.2, 0.25) is 0 Å². The number of fused-ring (bicyclic) bond motifs is 1. The molecule has 0 aliphatic carbocycles. The molecule has 1 aromatic heterocycles. The van der Waals surface area contributed by atoms with E-state index in [1.807, 2.05) is 0 Å². The molecule has 0 saturated heterocycles. The number of anilines is 1. The first-order valence-corrected chi connectivity index (χ1v) is 6.23. The topological polar surface area (TPSA) is 95.2 Å². The molecule has 0 radical (unpaired) electrons. The zero-order valence-corrected chi connectivity index (χ0v) is 9.04. The molecule has 6 nitrogen and oxygen atoms in total. The summed E-state index contributed by atoms with van der Waals surface area (Å²) in [7, 11) is -1.56. The molecule has 0 unspecified atom stereocenters. The Morgan fingerprint density at radius 1 is 1.40 bits per heavy atom. The molecule has 1 aliphatic heterocycles. The van der Waals surface area contributed by atoms with Gasteiger partial charge in [0.2, 0.25) is 11.8 Å². The number of hydrogen-bond donors (Lipinski definition) is 1. The minimum absolute atomic E-state index is 0.0442. The summed E-state index contributed by atoms with van der Waals surface area (Å²) >= 11 is 0. The molecule has 82 valence electrons. The molecule has 2 heterocycles. The van der Waals surface area contributed by atoms with Crippen LogP contribution in [0, 0.1) is 0 Å². The van der Waals surface area contributed by atoms with Gasteiger partial charge in [0.1, 0.15) is 0 Å². The molecular formula is C8H11N3O3S. The van der Waals surface area contributed by atoms with Gasteiger partial charge in [-0.1, -0.05) is 0 Å². The Morgan fingerprint density at radius 3 is 2.80 bits per heavy atom. The predicted molar refractivity (Wildman–Crippen MR) is 54.2 cm³/mol. The van der Waals surface area contributed by atoms with E-state index in [0.717, 1.165) is 5.56 Å². The van der Waals surface area contributed by atoms with Gasteiger partial charge in [-0.05, 0) is 6.42 Å². The van der Waals surface area contributed by atoms with Crippen LogP contribution >= 0.6 is 0 Å². The second kappa shape index (κ2) is 3.34. The smallest absolute Gasteiger partial charge is 0.223 e. The molecular weight excluding hydrogens is 218 g/mol. The Balaban J connectivity index is 2.56. The van der Waals surface area contributed by atoms with Gasteiger partial charge in [0.05, 0.1) is 24.3 Å². The van der Waals surface area contributed by atoms with Gasteiger partial charge in [-0.3, -0.25) is 0 Å². The van der Waals surface area contributed by atoms with Gasteiger partial charge < -0.3 is 10.5 Å². The maximum Gasteiger partial charge on any atom is 0.223 e. The zero-order chi connectivity index (χ0) is 11.1. The summed E-state index contributed by atoms with van der Waals surface area (Å²) in [5.41, 5.74) is 6.66. The summed E-state index contributed by atoms with van der Waals surface area (Å²) in [4.78, 5) is 7.83. The summed E-state index contributed by atoms with van der Waals surface area (Å²) in [6.45, 7) is 0. The van der Waals surface area contributed by atoms with Crippen molar-refractivity contribution in [3.8, 4) is 5.88 Å². The van der Waals surface area contributed by atoms with Crippen molar-refractivity contribution in [2.75, 3.05) is 18.6 Å². The first-order chi connectivity index (χ1) is 7.02. The van der Waals surface area contributed by atoms with E-state index in [0.29, 0.717) is 18.0 Å². The second-order valence-corrected chi connectivity index (χ2v) is 5.54. The normalized spacial score (nSPS) is 18.2. The van der Waals surface area contributed by atoms with Crippen molar-refractivity contribution in [2.45, 2.75) is 12.2 Å². The maximum atomic E-state index is 11.4. The van der Waals surface area contributed by atoms with Gasteiger partial charge in [-0.15, -0.1) is 0 Å². The minimum Gasteiger partial charge on any atom is -0.481 e. The van der Waals surface area contributed by atoms with Crippen LogP contribution in [0.3, 0.4) is 0 Å². The minimum atomic E-state index is -3.04. The van der Waals surface area contributed by atoms with Crippen LogP contribution in [0.25, 0.3) is 0 Å². The molecule has 15 heavy (non-hydrogen) atoms. The van der Waals surface area contributed by atoms with Crippen LogP contribution in [-0.4, -0.2) is 31.2 Å². The zero-order valence-electron chi connectivity index (χ0n) is 8.23. The van der Waals surface area contributed by atoms with Crippen LogP contribution in [-0.2, 0) is 22.0 Å². The number of ether oxygens (including phenoxy) is 1. The Bertz CT molecular complexity index is 498. The Morgan fingerprint density at radius 2 is 2.13 bits per heavy atom. The van der Waals surface area contributed by atoms with Crippen molar-refractivity contribution in [3.63, 3.8) is 0 Å². The highest BCUT2D eigenvalue weighted by Crippen LogP contribution is 2.26. The highest BCUT2D eigenvalue weighted by Gasteiger charge is 2.26. The van der Waals surface area contributed by atoms with E-state index in [-0.39, 0.29) is 17.5 Å². The van der Waals surface area contributed by atoms with Gasteiger partial charge in [0.15, 0.2) is 9.84 Å². The fourth-order valence-electron chi connectivity index (χ4n) is 1.60. The van der Waals surface area contributed by atoms with Crippen LogP contribution < -0.4 is 10.5 Å². The SMILES string of the molecule is COc1nc(N)nc2c1CCS(=O)(=O)C2. The second-order valence-electron chi connectivity index (χ2n) is 3.36. The van der Waals surface area contributed by atoms with Crippen LogP contribution in [0.4, 0.5) is 5.95 Å². The third kappa shape index (κ3) is 1.87. The lowest BCUT2D eigenvalue weighted by Crippen LogP contribution is -2.22. The molecule has 0 aromatic carbocycles. The van der Waals surface area contributed by atoms with Crippen molar-refractivity contribution < 1.29 is 13.2 Å². The third-order valence-electron chi connectivity index (χ3n) is 2.29. The van der Waals surface area contributed by atoms with E-state index in [9.17, 15) is 8.42 Å². The number of hydrogen-bond acceptors (Lipinski definition) is 6. The molecule has 0 bridgehead atoms. The number of sulfone groups is 1. The molecule has 0 fully saturated rings. The average molecular weight is 229 g/mol. The highest BCUT2D eigenvalue weighted by molar-refractivity contribution is 7.90. The van der Waals surface area contributed by atoms with Crippen molar-refractivity contribution >= 4 is 15.8 Å². The standard InChI is InChI=1S/C8H11N3O3S/c1-14-7-5-2-3-15(12,13)4-6(5)10-8(9)11-7/h2-4H2,1H3,(H2,9,10,11). The monoisotopic (exact) mass is 229 g/mol. The van der Waals surface area contributed by atoms with Gasteiger partial charge in [-0.25, -0.2) is 13.4 Å². The van der Waals surface area contributed by atoms with Crippen LogP contribution in [0.1, 0.15) is 11.3 Å². The van der Waals surface area contributed by atoms with E-state index in [1.165, 1.54) is 7.11 Å². The first-order valence-electron chi connectivity index (χ1n) is 4.41. The molecule has 7 heteroatoms. The third-order valence-corrected chi connectivity index (χ3v) is 3.82. The van der Waals surface area contributed by atoms with Crippen LogP contribution in [0.15, 0.2) is 0 Å². The molecule has 2 rings (SSSR count). The van der Waals surface area contributed by atoms with E-state index >= 15 is 0 Å². The van der Waals surface area contributed by atoms with Crippen molar-refractivity contribution in [1.82, 2.24) is 9.97 Å². The number of methoxy groups -OCH3 is 1. The van der Waals surface area contributed by atoms with Gasteiger partial charge in [-0.2, -0.15) is 4.98 Å². The van der Waals surface area contributed by atoms with Crippen molar-refractivity contribution in [1.29, 1.82) is 0 Å². The summed E-state index contributed by atoms with van der Waals surface area (Å²) in [5, 5.41) is 0. The predicted octanol–water partition coefficient (Wildman–Crippen LogP) is -0.462. The summed E-state index contributed by atoms with van der Waals surface area (Å²) in [5.74, 6) is 0.463. The highest BCUT2D eigenvalue weighted by atomic mass is 32.2. The van der Waals surface area contributed by atoms with E-state index < -0.39 is 9.84 Å². The Kier molecular flexibility index (Phi) is 2.26. The molecule has 0 amide bonds. The fourth-order valence-corrected chi connectivity index (χ4v) is 2.92. The molecule has 0 atom stereocenters. The molecule has 1 aromatic rings. The quantitative estimate of drug-likeness (QED) is 0.700. The summed E-state index contributed by atoms with van der Waals surface area (Å²) in [6.07, 6.45) is 0.390. The van der Waals surface area contributed by atoms with Gasteiger partial charge >= 0.3 is 0 Å². The lowest BCUT2D eigenvalue weighted by Gasteiger charge is -2.17. The van der Waals surface area contributed by atoms with Crippen molar-refractivity contribution in [3.05, 3.63) is 11.3 Å². The summed E-state index contributed by atoms with van der Waals surface area (Å²) in [6, 6.07) is 0. The van der Waals surface area contributed by atoms with Gasteiger partial charge in [0.25, 0.3) is 0 Å². The number of nitrogens with zero attached hydrogens (tertiary/aromatic N) is 2. The van der Waals surface area contributed by atoms with Gasteiger partial charge in [0, 0.05) is 5.56 Å². The van der Waals surface area contributed by atoms with E-state index in [4.69, 9.17) is 10.5 Å². The summed E-state index contributed by atoms with van der Waals surface area (Å²) < 4.78 is 27.8. The molecule has 1 aliphatic rings. The largest absolute Gasteiger partial charge is 0.481 e. The average Bonchev–Trinajstić information content (AvgIpc) is 2.14.